The summed E-state index contributed by atoms with van der Waals surface area (Å²) in [5, 5.41) is 3.03. The van der Waals surface area contributed by atoms with Gasteiger partial charge >= 0.3 is 0 Å². The van der Waals surface area contributed by atoms with Gasteiger partial charge < -0.3 is 24.6 Å². The molecule has 0 radical (unpaired) electrons. The Balaban J connectivity index is 1.49. The van der Waals surface area contributed by atoms with Crippen LogP contribution < -0.4 is 19.7 Å². The number of carbonyl (C=O) groups is 1. The zero-order valence-electron chi connectivity index (χ0n) is 21.0. The van der Waals surface area contributed by atoms with Gasteiger partial charge in [0.2, 0.25) is 0 Å². The molecule has 1 saturated heterocycles. The van der Waals surface area contributed by atoms with Gasteiger partial charge in [-0.1, -0.05) is 6.07 Å². The Bertz CT molecular complexity index is 1170. The van der Waals surface area contributed by atoms with Gasteiger partial charge in [-0.3, -0.25) is 9.78 Å². The number of carbonyl (C=O) groups excluding carboxylic acids is 1. The predicted octanol–water partition coefficient (Wildman–Crippen LogP) is 4.44. The molecule has 0 saturated carbocycles. The van der Waals surface area contributed by atoms with Gasteiger partial charge in [-0.2, -0.15) is 0 Å². The van der Waals surface area contributed by atoms with Crippen LogP contribution in [0.25, 0.3) is 0 Å². The van der Waals surface area contributed by atoms with Crippen molar-refractivity contribution in [3.05, 3.63) is 83.4 Å². The fourth-order valence-corrected chi connectivity index (χ4v) is 4.25. The van der Waals surface area contributed by atoms with Crippen LogP contribution in [0.15, 0.2) is 60.9 Å². The SMILES string of the molecule is CCOc1cc(C(=O)N[C@H](C)c2cc(F)ccc2N2CCN(C)CC2)ccc1OCc1cccnc1. The number of rotatable bonds is 9. The van der Waals surface area contributed by atoms with E-state index in [1.165, 1.54) is 12.1 Å². The first kappa shape index (κ1) is 25.4. The summed E-state index contributed by atoms with van der Waals surface area (Å²) < 4.78 is 25.9. The summed E-state index contributed by atoms with van der Waals surface area (Å²) in [4.78, 5) is 21.8. The van der Waals surface area contributed by atoms with Crippen molar-refractivity contribution >= 4 is 11.6 Å². The molecular formula is C28H33FN4O3. The van der Waals surface area contributed by atoms with E-state index in [-0.39, 0.29) is 17.8 Å². The average Bonchev–Trinajstić information content (AvgIpc) is 2.89. The lowest BCUT2D eigenvalue weighted by Gasteiger charge is -2.36. The number of amides is 1. The molecule has 4 rings (SSSR count). The minimum Gasteiger partial charge on any atom is -0.490 e. The smallest absolute Gasteiger partial charge is 0.251 e. The van der Waals surface area contributed by atoms with E-state index < -0.39 is 0 Å². The van der Waals surface area contributed by atoms with Gasteiger partial charge in [-0.05, 0) is 63.4 Å². The van der Waals surface area contributed by atoms with E-state index in [0.29, 0.717) is 30.3 Å². The fourth-order valence-electron chi connectivity index (χ4n) is 4.25. The number of ether oxygens (including phenoxy) is 2. The molecule has 0 spiro atoms. The quantitative estimate of drug-likeness (QED) is 0.476. The number of nitrogens with zero attached hydrogens (tertiary/aromatic N) is 3. The Kier molecular flexibility index (Phi) is 8.38. The van der Waals surface area contributed by atoms with Gasteiger partial charge in [0.15, 0.2) is 11.5 Å². The number of piperazine rings is 1. The van der Waals surface area contributed by atoms with E-state index in [1.54, 1.807) is 36.7 Å². The molecule has 1 aromatic heterocycles. The molecule has 8 heteroatoms. The molecule has 0 bridgehead atoms. The van der Waals surface area contributed by atoms with Gasteiger partial charge in [-0.25, -0.2) is 4.39 Å². The number of hydrogen-bond donors (Lipinski definition) is 1. The third kappa shape index (κ3) is 6.31. The molecule has 1 amide bonds. The topological polar surface area (TPSA) is 66.9 Å². The van der Waals surface area contributed by atoms with Crippen LogP contribution in [-0.4, -0.2) is 55.6 Å². The lowest BCUT2D eigenvalue weighted by atomic mass is 10.0. The molecule has 1 fully saturated rings. The number of benzene rings is 2. The molecule has 1 N–H and O–H groups in total. The molecule has 1 aliphatic heterocycles. The van der Waals surface area contributed by atoms with Crippen molar-refractivity contribution in [1.29, 1.82) is 0 Å². The Morgan fingerprint density at radius 3 is 2.61 bits per heavy atom. The van der Waals surface area contributed by atoms with E-state index >= 15 is 0 Å². The Hall–Kier alpha value is -3.65. The normalized spacial score (nSPS) is 14.8. The molecule has 7 nitrogen and oxygen atoms in total. The van der Waals surface area contributed by atoms with E-state index in [9.17, 15) is 9.18 Å². The van der Waals surface area contributed by atoms with E-state index in [0.717, 1.165) is 43.0 Å². The van der Waals surface area contributed by atoms with Crippen LogP contribution in [0.2, 0.25) is 0 Å². The zero-order valence-corrected chi connectivity index (χ0v) is 21.0. The molecule has 0 aliphatic carbocycles. The molecule has 0 unspecified atom stereocenters. The summed E-state index contributed by atoms with van der Waals surface area (Å²) in [7, 11) is 2.09. The summed E-state index contributed by atoms with van der Waals surface area (Å²) in [6, 6.07) is 13.3. The number of likely N-dealkylation sites (N-methyl/N-ethyl adjacent to an activating group) is 1. The third-order valence-electron chi connectivity index (χ3n) is 6.27. The number of halogens is 1. The molecule has 36 heavy (non-hydrogen) atoms. The van der Waals surface area contributed by atoms with Crippen molar-refractivity contribution in [1.82, 2.24) is 15.2 Å². The second-order valence-electron chi connectivity index (χ2n) is 8.93. The van der Waals surface area contributed by atoms with Crippen LogP contribution in [-0.2, 0) is 6.61 Å². The first-order valence-corrected chi connectivity index (χ1v) is 12.3. The summed E-state index contributed by atoms with van der Waals surface area (Å²) in [6.07, 6.45) is 3.45. The van der Waals surface area contributed by atoms with Crippen LogP contribution in [0.4, 0.5) is 10.1 Å². The number of pyridine rings is 1. The van der Waals surface area contributed by atoms with Crippen molar-refractivity contribution < 1.29 is 18.7 Å². The molecule has 2 aromatic carbocycles. The minimum atomic E-state index is -0.389. The first-order valence-electron chi connectivity index (χ1n) is 12.3. The van der Waals surface area contributed by atoms with Gasteiger partial charge in [0.1, 0.15) is 12.4 Å². The summed E-state index contributed by atoms with van der Waals surface area (Å²) in [5.41, 5.74) is 3.08. The van der Waals surface area contributed by atoms with Crippen molar-refractivity contribution in [2.24, 2.45) is 0 Å². The first-order chi connectivity index (χ1) is 17.4. The maximum atomic E-state index is 14.2. The Labute approximate surface area is 211 Å². The maximum Gasteiger partial charge on any atom is 0.251 e. The van der Waals surface area contributed by atoms with Crippen molar-refractivity contribution in [3.63, 3.8) is 0 Å². The van der Waals surface area contributed by atoms with Crippen molar-refractivity contribution in [2.45, 2.75) is 26.5 Å². The highest BCUT2D eigenvalue weighted by Crippen LogP contribution is 2.31. The number of anilines is 1. The monoisotopic (exact) mass is 492 g/mol. The average molecular weight is 493 g/mol. The molecule has 190 valence electrons. The summed E-state index contributed by atoms with van der Waals surface area (Å²) in [6.45, 7) is 8.11. The third-order valence-corrected chi connectivity index (χ3v) is 6.27. The number of nitrogens with one attached hydrogen (secondary N) is 1. The highest BCUT2D eigenvalue weighted by atomic mass is 19.1. The van der Waals surface area contributed by atoms with Crippen molar-refractivity contribution in [2.75, 3.05) is 44.7 Å². The van der Waals surface area contributed by atoms with Crippen LogP contribution in [0.3, 0.4) is 0 Å². The largest absolute Gasteiger partial charge is 0.490 e. The predicted molar refractivity (Wildman–Crippen MR) is 138 cm³/mol. The Morgan fingerprint density at radius 2 is 1.89 bits per heavy atom. The highest BCUT2D eigenvalue weighted by molar-refractivity contribution is 5.95. The Morgan fingerprint density at radius 1 is 1.08 bits per heavy atom. The van der Waals surface area contributed by atoms with Crippen LogP contribution >= 0.6 is 0 Å². The van der Waals surface area contributed by atoms with Gasteiger partial charge in [0.05, 0.1) is 12.6 Å². The van der Waals surface area contributed by atoms with Crippen LogP contribution in [0.5, 0.6) is 11.5 Å². The highest BCUT2D eigenvalue weighted by Gasteiger charge is 2.22. The second kappa shape index (κ2) is 11.9. The summed E-state index contributed by atoms with van der Waals surface area (Å²) in [5.74, 6) is 0.451. The van der Waals surface area contributed by atoms with E-state index in [2.05, 4.69) is 27.1 Å². The van der Waals surface area contributed by atoms with E-state index in [1.807, 2.05) is 26.0 Å². The van der Waals surface area contributed by atoms with Gasteiger partial charge in [0, 0.05) is 61.0 Å². The minimum absolute atomic E-state index is 0.268. The molecule has 3 aromatic rings. The van der Waals surface area contributed by atoms with Crippen molar-refractivity contribution in [3.8, 4) is 11.5 Å². The molecule has 1 atom stereocenters. The van der Waals surface area contributed by atoms with E-state index in [4.69, 9.17) is 9.47 Å². The molecular weight excluding hydrogens is 459 g/mol. The standard InChI is InChI=1S/C28H33FN4O3/c1-4-35-27-16-22(7-10-26(27)36-19-21-6-5-11-30-18-21)28(34)31-20(2)24-17-23(29)8-9-25(24)33-14-12-32(3)13-15-33/h5-11,16-18,20H,4,12-15,19H2,1-3H3,(H,31,34)/t20-/m1/s1. The van der Waals surface area contributed by atoms with Crippen LogP contribution in [0, 0.1) is 5.82 Å². The lowest BCUT2D eigenvalue weighted by molar-refractivity contribution is 0.0939. The second-order valence-corrected chi connectivity index (χ2v) is 8.93. The van der Waals surface area contributed by atoms with Gasteiger partial charge in [0.25, 0.3) is 5.91 Å². The number of hydrogen-bond acceptors (Lipinski definition) is 6. The van der Waals surface area contributed by atoms with Gasteiger partial charge in [-0.15, -0.1) is 0 Å². The maximum absolute atomic E-state index is 14.2. The molecule has 2 heterocycles. The zero-order chi connectivity index (χ0) is 25.5. The lowest BCUT2D eigenvalue weighted by Crippen LogP contribution is -2.45. The van der Waals surface area contributed by atoms with Crippen LogP contribution in [0.1, 0.15) is 41.4 Å². The molecule has 1 aliphatic rings. The number of aromatic nitrogens is 1. The summed E-state index contributed by atoms with van der Waals surface area (Å²) >= 11 is 0. The fraction of sp³-hybridized carbons (Fsp3) is 0.357.